The Labute approximate surface area is 150 Å². The van der Waals surface area contributed by atoms with Crippen LogP contribution in [-0.2, 0) is 0 Å². The summed E-state index contributed by atoms with van der Waals surface area (Å²) in [6, 6.07) is 6.94. The van der Waals surface area contributed by atoms with Crippen molar-refractivity contribution in [3.05, 3.63) is 45.7 Å². The van der Waals surface area contributed by atoms with Crippen molar-refractivity contribution in [2.45, 2.75) is 38.6 Å². The highest BCUT2D eigenvalue weighted by molar-refractivity contribution is 6.36. The molecule has 0 spiro atoms. The molecule has 1 aromatic heterocycles. The summed E-state index contributed by atoms with van der Waals surface area (Å²) in [5.41, 5.74) is 1.53. The second kappa shape index (κ2) is 7.36. The molecule has 0 atom stereocenters. The molecule has 0 unspecified atom stereocenters. The molecule has 0 aliphatic heterocycles. The number of aryl methyl sites for hydroxylation is 1. The highest BCUT2D eigenvalue weighted by Gasteiger charge is 2.17. The summed E-state index contributed by atoms with van der Waals surface area (Å²) in [5.74, 6) is 0.161. The maximum Gasteiger partial charge on any atom is 0.274 e. The van der Waals surface area contributed by atoms with Crippen molar-refractivity contribution < 1.29 is 4.79 Å². The van der Waals surface area contributed by atoms with Gasteiger partial charge < -0.3 is 10.6 Å². The molecular weight excluding hydrogens is 347 g/mol. The van der Waals surface area contributed by atoms with E-state index in [1.165, 1.54) is 12.8 Å². The summed E-state index contributed by atoms with van der Waals surface area (Å²) in [5, 5.41) is 6.96. The molecule has 0 saturated heterocycles. The van der Waals surface area contributed by atoms with E-state index in [9.17, 15) is 4.79 Å². The molecule has 7 heteroatoms. The number of amides is 1. The molecule has 3 rings (SSSR count). The van der Waals surface area contributed by atoms with Crippen molar-refractivity contribution in [2.24, 2.45) is 0 Å². The maximum absolute atomic E-state index is 12.5. The Bertz CT molecular complexity index is 760. The predicted molar refractivity (Wildman–Crippen MR) is 97.1 cm³/mol. The van der Waals surface area contributed by atoms with E-state index in [1.807, 2.05) is 6.92 Å². The number of hydrogen-bond acceptors (Lipinski definition) is 4. The summed E-state index contributed by atoms with van der Waals surface area (Å²) in [7, 11) is 0. The van der Waals surface area contributed by atoms with Crippen LogP contribution in [0.15, 0.2) is 24.3 Å². The lowest BCUT2D eigenvalue weighted by Gasteiger charge is -2.13. The Hall–Kier alpha value is -1.85. The molecule has 126 valence electrons. The number of carbonyl (C=O) groups excluding carboxylic acids is 1. The van der Waals surface area contributed by atoms with Gasteiger partial charge in [0, 0.05) is 16.8 Å². The first kappa shape index (κ1) is 17.0. The number of nitrogens with one attached hydrogen (secondary N) is 2. The van der Waals surface area contributed by atoms with Gasteiger partial charge in [0.1, 0.15) is 5.69 Å². The minimum Gasteiger partial charge on any atom is -0.351 e. The molecule has 1 saturated carbocycles. The zero-order chi connectivity index (χ0) is 17.1. The Kier molecular flexibility index (Phi) is 5.21. The summed E-state index contributed by atoms with van der Waals surface area (Å²) in [6.07, 6.45) is 4.65. The maximum atomic E-state index is 12.5. The Morgan fingerprint density at radius 2 is 1.92 bits per heavy atom. The third kappa shape index (κ3) is 4.16. The van der Waals surface area contributed by atoms with Crippen LogP contribution < -0.4 is 10.6 Å². The number of halogens is 2. The van der Waals surface area contributed by atoms with Gasteiger partial charge in [-0.25, -0.2) is 9.97 Å². The van der Waals surface area contributed by atoms with Gasteiger partial charge in [-0.05, 0) is 44.0 Å². The quantitative estimate of drug-likeness (QED) is 0.824. The predicted octanol–water partition coefficient (Wildman–Crippen LogP) is 4.70. The minimum atomic E-state index is -0.334. The van der Waals surface area contributed by atoms with E-state index in [2.05, 4.69) is 20.6 Å². The van der Waals surface area contributed by atoms with E-state index in [-0.39, 0.29) is 5.91 Å². The fourth-order valence-electron chi connectivity index (χ4n) is 2.78. The fourth-order valence-corrected chi connectivity index (χ4v) is 3.24. The molecule has 1 aliphatic carbocycles. The van der Waals surface area contributed by atoms with Crippen LogP contribution in [0.4, 0.5) is 11.6 Å². The first-order chi connectivity index (χ1) is 11.5. The number of nitrogens with zero attached hydrogens (tertiary/aromatic N) is 2. The van der Waals surface area contributed by atoms with Crippen LogP contribution in [-0.4, -0.2) is 21.9 Å². The van der Waals surface area contributed by atoms with Gasteiger partial charge in [-0.1, -0.05) is 36.0 Å². The molecule has 5 nitrogen and oxygen atoms in total. The van der Waals surface area contributed by atoms with Crippen molar-refractivity contribution >= 4 is 40.7 Å². The van der Waals surface area contributed by atoms with Crippen LogP contribution in [0.25, 0.3) is 0 Å². The van der Waals surface area contributed by atoms with Gasteiger partial charge in [-0.15, -0.1) is 0 Å². The van der Waals surface area contributed by atoms with E-state index in [0.717, 1.165) is 18.5 Å². The van der Waals surface area contributed by atoms with Crippen molar-refractivity contribution in [1.29, 1.82) is 0 Å². The fraction of sp³-hybridized carbons (Fsp3) is 0.353. The summed E-state index contributed by atoms with van der Waals surface area (Å²) in [6.45, 7) is 1.84. The van der Waals surface area contributed by atoms with Crippen molar-refractivity contribution in [2.75, 3.05) is 10.6 Å². The van der Waals surface area contributed by atoms with Crippen molar-refractivity contribution in [3.63, 3.8) is 0 Å². The van der Waals surface area contributed by atoms with Gasteiger partial charge in [-0.3, -0.25) is 4.79 Å². The zero-order valence-electron chi connectivity index (χ0n) is 13.3. The largest absolute Gasteiger partial charge is 0.351 e. The molecule has 1 aromatic carbocycles. The highest BCUT2D eigenvalue weighted by atomic mass is 35.5. The molecule has 1 aliphatic rings. The SMILES string of the molecule is Cc1cc(C(=O)Nc2ccc(Cl)cc2Cl)nc(NC2CCCC2)n1. The highest BCUT2D eigenvalue weighted by Crippen LogP contribution is 2.26. The average molecular weight is 365 g/mol. The molecule has 2 aromatic rings. The van der Waals surface area contributed by atoms with E-state index in [0.29, 0.717) is 33.4 Å². The Balaban J connectivity index is 1.77. The van der Waals surface area contributed by atoms with Gasteiger partial charge in [0.05, 0.1) is 10.7 Å². The molecule has 2 N–H and O–H groups in total. The first-order valence-electron chi connectivity index (χ1n) is 7.90. The number of benzene rings is 1. The number of carbonyl (C=O) groups is 1. The van der Waals surface area contributed by atoms with Crippen LogP contribution in [0.3, 0.4) is 0 Å². The molecule has 0 radical (unpaired) electrons. The monoisotopic (exact) mass is 364 g/mol. The minimum absolute atomic E-state index is 0.300. The molecule has 1 amide bonds. The molecule has 24 heavy (non-hydrogen) atoms. The first-order valence-corrected chi connectivity index (χ1v) is 8.65. The molecule has 1 fully saturated rings. The van der Waals surface area contributed by atoms with Gasteiger partial charge in [0.15, 0.2) is 0 Å². The average Bonchev–Trinajstić information content (AvgIpc) is 3.02. The summed E-state index contributed by atoms with van der Waals surface area (Å²) >= 11 is 12.0. The topological polar surface area (TPSA) is 66.9 Å². The Morgan fingerprint density at radius 3 is 2.62 bits per heavy atom. The van der Waals surface area contributed by atoms with Crippen molar-refractivity contribution in [3.8, 4) is 0 Å². The second-order valence-corrected chi connectivity index (χ2v) is 6.77. The van der Waals surface area contributed by atoms with E-state index >= 15 is 0 Å². The summed E-state index contributed by atoms with van der Waals surface area (Å²) in [4.78, 5) is 21.2. The van der Waals surface area contributed by atoms with Crippen LogP contribution in [0.1, 0.15) is 41.9 Å². The zero-order valence-corrected chi connectivity index (χ0v) is 14.8. The molecular formula is C17H18Cl2N4O. The second-order valence-electron chi connectivity index (χ2n) is 5.92. The van der Waals surface area contributed by atoms with E-state index < -0.39 is 0 Å². The summed E-state index contributed by atoms with van der Waals surface area (Å²) < 4.78 is 0. The Morgan fingerprint density at radius 1 is 1.17 bits per heavy atom. The van der Waals surface area contributed by atoms with Crippen LogP contribution in [0.2, 0.25) is 10.0 Å². The van der Waals surface area contributed by atoms with Gasteiger partial charge in [-0.2, -0.15) is 0 Å². The van der Waals surface area contributed by atoms with Gasteiger partial charge >= 0.3 is 0 Å². The third-order valence-corrected chi connectivity index (χ3v) is 4.50. The molecule has 0 bridgehead atoms. The van der Waals surface area contributed by atoms with Crippen LogP contribution in [0, 0.1) is 6.92 Å². The molecule has 1 heterocycles. The number of aromatic nitrogens is 2. The number of hydrogen-bond donors (Lipinski definition) is 2. The third-order valence-electron chi connectivity index (χ3n) is 3.95. The van der Waals surface area contributed by atoms with Crippen LogP contribution in [0.5, 0.6) is 0 Å². The van der Waals surface area contributed by atoms with E-state index in [4.69, 9.17) is 23.2 Å². The smallest absolute Gasteiger partial charge is 0.274 e. The lowest BCUT2D eigenvalue weighted by atomic mass is 10.2. The normalized spacial score (nSPS) is 14.6. The van der Waals surface area contributed by atoms with Gasteiger partial charge in [0.25, 0.3) is 5.91 Å². The van der Waals surface area contributed by atoms with E-state index in [1.54, 1.807) is 24.3 Å². The van der Waals surface area contributed by atoms with Crippen LogP contribution >= 0.6 is 23.2 Å². The van der Waals surface area contributed by atoms with Gasteiger partial charge in [0.2, 0.25) is 5.95 Å². The standard InChI is InChI=1S/C17H18Cl2N4O/c1-10-8-15(23-17(20-10)21-12-4-2-3-5-12)16(24)22-14-7-6-11(18)9-13(14)19/h6-9,12H,2-5H2,1H3,(H,22,24)(H,20,21,23). The van der Waals surface area contributed by atoms with Crippen molar-refractivity contribution in [1.82, 2.24) is 9.97 Å². The lowest BCUT2D eigenvalue weighted by Crippen LogP contribution is -2.20. The number of anilines is 2. The lowest BCUT2D eigenvalue weighted by molar-refractivity contribution is 0.102. The number of rotatable bonds is 4.